The van der Waals surface area contributed by atoms with E-state index in [2.05, 4.69) is 29.6 Å². The molecule has 2 aromatic rings. The van der Waals surface area contributed by atoms with Gasteiger partial charge in [0.2, 0.25) is 0 Å². The molecule has 0 bridgehead atoms. The van der Waals surface area contributed by atoms with E-state index in [0.717, 1.165) is 12.8 Å². The Kier molecular flexibility index (Phi) is 3.17. The van der Waals surface area contributed by atoms with E-state index in [1.165, 1.54) is 11.1 Å². The second-order valence-corrected chi connectivity index (χ2v) is 4.73. The smallest absolute Gasteiger partial charge is 0.133 e. The van der Waals surface area contributed by atoms with Crippen LogP contribution in [0.3, 0.4) is 0 Å². The highest BCUT2D eigenvalue weighted by molar-refractivity contribution is 5.34. The van der Waals surface area contributed by atoms with Crippen molar-refractivity contribution in [2.75, 3.05) is 6.54 Å². The van der Waals surface area contributed by atoms with Crippen LogP contribution in [0.25, 0.3) is 0 Å². The molecule has 0 aliphatic heterocycles. The molecule has 0 spiro atoms. The normalized spacial score (nSPS) is 19.7. The predicted molar refractivity (Wildman–Crippen MR) is 69.2 cm³/mol. The van der Waals surface area contributed by atoms with Gasteiger partial charge in [-0.2, -0.15) is 0 Å². The van der Waals surface area contributed by atoms with Crippen LogP contribution in [-0.2, 0) is 6.42 Å². The molecule has 0 radical (unpaired) electrons. The molecule has 1 aliphatic carbocycles. The zero-order valence-electron chi connectivity index (χ0n) is 10.2. The van der Waals surface area contributed by atoms with E-state index in [-0.39, 0.29) is 0 Å². The van der Waals surface area contributed by atoms with Crippen molar-refractivity contribution in [3.8, 4) is 0 Å². The second kappa shape index (κ2) is 4.96. The molecule has 1 aromatic carbocycles. The SMILES string of the molecule is OC(CNC1CCc2ccccc21)c1ccco1. The summed E-state index contributed by atoms with van der Waals surface area (Å²) in [6.07, 6.45) is 3.23. The Morgan fingerprint density at radius 2 is 2.17 bits per heavy atom. The summed E-state index contributed by atoms with van der Waals surface area (Å²) in [6, 6.07) is 12.4. The molecule has 3 rings (SSSR count). The van der Waals surface area contributed by atoms with Gasteiger partial charge in [-0.15, -0.1) is 0 Å². The molecule has 0 saturated carbocycles. The van der Waals surface area contributed by atoms with E-state index < -0.39 is 6.10 Å². The third-order valence-corrected chi connectivity index (χ3v) is 3.56. The minimum absolute atomic E-state index is 0.353. The maximum absolute atomic E-state index is 9.96. The number of furan rings is 1. The minimum Gasteiger partial charge on any atom is -0.467 e. The Morgan fingerprint density at radius 1 is 1.28 bits per heavy atom. The third kappa shape index (κ3) is 2.19. The fourth-order valence-electron chi connectivity index (χ4n) is 2.60. The number of aryl methyl sites for hydroxylation is 1. The number of nitrogens with one attached hydrogen (secondary N) is 1. The summed E-state index contributed by atoms with van der Waals surface area (Å²) >= 11 is 0. The number of hydrogen-bond donors (Lipinski definition) is 2. The third-order valence-electron chi connectivity index (χ3n) is 3.56. The molecule has 3 heteroatoms. The molecule has 1 aromatic heterocycles. The number of fused-ring (bicyclic) bond motifs is 1. The number of aliphatic hydroxyl groups is 1. The van der Waals surface area contributed by atoms with Crippen LogP contribution < -0.4 is 5.32 Å². The van der Waals surface area contributed by atoms with Crippen molar-refractivity contribution >= 4 is 0 Å². The van der Waals surface area contributed by atoms with Gasteiger partial charge >= 0.3 is 0 Å². The lowest BCUT2D eigenvalue weighted by molar-refractivity contribution is 0.143. The average molecular weight is 243 g/mol. The van der Waals surface area contributed by atoms with Crippen LogP contribution in [0.15, 0.2) is 47.1 Å². The zero-order valence-corrected chi connectivity index (χ0v) is 10.2. The number of rotatable bonds is 4. The van der Waals surface area contributed by atoms with Crippen molar-refractivity contribution in [1.29, 1.82) is 0 Å². The van der Waals surface area contributed by atoms with Gasteiger partial charge in [0.1, 0.15) is 11.9 Å². The summed E-state index contributed by atoms with van der Waals surface area (Å²) in [7, 11) is 0. The van der Waals surface area contributed by atoms with Gasteiger partial charge in [0.25, 0.3) is 0 Å². The Balaban J connectivity index is 1.62. The molecular weight excluding hydrogens is 226 g/mol. The van der Waals surface area contributed by atoms with Gasteiger partial charge in [0.15, 0.2) is 0 Å². The molecule has 1 heterocycles. The second-order valence-electron chi connectivity index (χ2n) is 4.73. The van der Waals surface area contributed by atoms with E-state index >= 15 is 0 Å². The molecule has 1 aliphatic rings. The molecule has 0 fully saturated rings. The molecule has 2 unspecified atom stereocenters. The van der Waals surface area contributed by atoms with E-state index in [1.807, 2.05) is 0 Å². The van der Waals surface area contributed by atoms with Crippen LogP contribution in [0.1, 0.15) is 35.5 Å². The lowest BCUT2D eigenvalue weighted by Gasteiger charge is -2.16. The summed E-state index contributed by atoms with van der Waals surface area (Å²) in [4.78, 5) is 0. The predicted octanol–water partition coefficient (Wildman–Crippen LogP) is 2.59. The maximum atomic E-state index is 9.96. The van der Waals surface area contributed by atoms with Crippen molar-refractivity contribution in [3.63, 3.8) is 0 Å². The van der Waals surface area contributed by atoms with E-state index in [1.54, 1.807) is 18.4 Å². The van der Waals surface area contributed by atoms with Crippen molar-refractivity contribution in [2.24, 2.45) is 0 Å². The average Bonchev–Trinajstić information content (AvgIpc) is 3.06. The fourth-order valence-corrected chi connectivity index (χ4v) is 2.60. The largest absolute Gasteiger partial charge is 0.467 e. The molecule has 2 atom stereocenters. The fraction of sp³-hybridized carbons (Fsp3) is 0.333. The van der Waals surface area contributed by atoms with Crippen LogP contribution >= 0.6 is 0 Å². The maximum Gasteiger partial charge on any atom is 0.133 e. The van der Waals surface area contributed by atoms with Crippen LogP contribution in [0.2, 0.25) is 0 Å². The quantitative estimate of drug-likeness (QED) is 0.867. The molecule has 94 valence electrons. The number of aliphatic hydroxyl groups excluding tert-OH is 1. The lowest BCUT2D eigenvalue weighted by Crippen LogP contribution is -2.24. The molecule has 2 N–H and O–H groups in total. The van der Waals surface area contributed by atoms with Crippen molar-refractivity contribution in [3.05, 3.63) is 59.5 Å². The van der Waals surface area contributed by atoms with Crippen LogP contribution in [0.5, 0.6) is 0 Å². The Labute approximate surface area is 106 Å². The molecule has 0 saturated heterocycles. The van der Waals surface area contributed by atoms with E-state index in [4.69, 9.17) is 4.42 Å². The Morgan fingerprint density at radius 3 is 3.00 bits per heavy atom. The first kappa shape index (κ1) is 11.5. The van der Waals surface area contributed by atoms with Crippen LogP contribution in [-0.4, -0.2) is 11.7 Å². The van der Waals surface area contributed by atoms with E-state index in [9.17, 15) is 5.11 Å². The Hall–Kier alpha value is -1.58. The van der Waals surface area contributed by atoms with Gasteiger partial charge in [-0.1, -0.05) is 24.3 Å². The van der Waals surface area contributed by atoms with Crippen molar-refractivity contribution in [2.45, 2.75) is 25.0 Å². The molecule has 18 heavy (non-hydrogen) atoms. The monoisotopic (exact) mass is 243 g/mol. The zero-order chi connectivity index (χ0) is 12.4. The standard InChI is InChI=1S/C15H17NO2/c17-14(15-6-3-9-18-15)10-16-13-8-7-11-4-1-2-5-12(11)13/h1-6,9,13-14,16-17H,7-8,10H2. The van der Waals surface area contributed by atoms with Crippen LogP contribution in [0, 0.1) is 0 Å². The molecular formula is C15H17NO2. The van der Waals surface area contributed by atoms with Gasteiger partial charge in [-0.25, -0.2) is 0 Å². The van der Waals surface area contributed by atoms with Crippen molar-refractivity contribution < 1.29 is 9.52 Å². The molecule has 0 amide bonds. The summed E-state index contributed by atoms with van der Waals surface area (Å²) in [5.41, 5.74) is 2.78. The first-order valence-electron chi connectivity index (χ1n) is 6.37. The minimum atomic E-state index is -0.576. The first-order valence-corrected chi connectivity index (χ1v) is 6.37. The van der Waals surface area contributed by atoms with Gasteiger partial charge in [0.05, 0.1) is 6.26 Å². The Bertz CT molecular complexity index is 507. The van der Waals surface area contributed by atoms with Gasteiger partial charge in [-0.05, 0) is 36.1 Å². The summed E-state index contributed by atoms with van der Waals surface area (Å²) < 4.78 is 5.19. The van der Waals surface area contributed by atoms with Gasteiger partial charge in [-0.3, -0.25) is 0 Å². The highest BCUT2D eigenvalue weighted by Gasteiger charge is 2.22. The van der Waals surface area contributed by atoms with Gasteiger partial charge < -0.3 is 14.8 Å². The summed E-state index contributed by atoms with van der Waals surface area (Å²) in [5.74, 6) is 0.619. The number of hydrogen-bond acceptors (Lipinski definition) is 3. The summed E-state index contributed by atoms with van der Waals surface area (Å²) in [5, 5.41) is 13.4. The molecule has 3 nitrogen and oxygen atoms in total. The number of benzene rings is 1. The first-order chi connectivity index (χ1) is 8.84. The van der Waals surface area contributed by atoms with Crippen molar-refractivity contribution in [1.82, 2.24) is 5.32 Å². The highest BCUT2D eigenvalue weighted by Crippen LogP contribution is 2.30. The summed E-state index contributed by atoms with van der Waals surface area (Å²) in [6.45, 7) is 0.520. The van der Waals surface area contributed by atoms with E-state index in [0.29, 0.717) is 18.3 Å². The van der Waals surface area contributed by atoms with Crippen LogP contribution in [0.4, 0.5) is 0 Å². The van der Waals surface area contributed by atoms with Gasteiger partial charge in [0, 0.05) is 12.6 Å². The lowest BCUT2D eigenvalue weighted by atomic mass is 10.1. The topological polar surface area (TPSA) is 45.4 Å². The highest BCUT2D eigenvalue weighted by atomic mass is 16.4.